The van der Waals surface area contributed by atoms with E-state index < -0.39 is 6.04 Å². The Morgan fingerprint density at radius 1 is 1.67 bits per heavy atom. The standard InChI is InChI=1S/C9H11Cl2N3O/c1-2-7(12)9(14-15)8-6(11)3-5(10)4-13-8/h3-4,7,15H,2,12H2,1H3. The van der Waals surface area contributed by atoms with Crippen LogP contribution in [0.25, 0.3) is 0 Å². The molecule has 1 rings (SSSR count). The van der Waals surface area contributed by atoms with Crippen molar-refractivity contribution >= 4 is 28.9 Å². The zero-order valence-electron chi connectivity index (χ0n) is 8.11. The predicted octanol–water partition coefficient (Wildman–Crippen LogP) is 2.30. The van der Waals surface area contributed by atoms with Gasteiger partial charge >= 0.3 is 0 Å². The van der Waals surface area contributed by atoms with Crippen LogP contribution in [0.4, 0.5) is 0 Å². The maximum Gasteiger partial charge on any atom is 0.123 e. The Morgan fingerprint density at radius 3 is 2.80 bits per heavy atom. The lowest BCUT2D eigenvalue weighted by Gasteiger charge is -2.11. The molecule has 0 amide bonds. The van der Waals surface area contributed by atoms with Gasteiger partial charge < -0.3 is 10.9 Å². The lowest BCUT2D eigenvalue weighted by molar-refractivity contribution is 0.316. The maximum atomic E-state index is 8.85. The summed E-state index contributed by atoms with van der Waals surface area (Å²) in [5, 5.41) is 12.7. The Morgan fingerprint density at radius 2 is 2.33 bits per heavy atom. The minimum absolute atomic E-state index is 0.263. The van der Waals surface area contributed by atoms with E-state index in [4.69, 9.17) is 34.1 Å². The van der Waals surface area contributed by atoms with Gasteiger partial charge in [0.1, 0.15) is 11.4 Å². The summed E-state index contributed by atoms with van der Waals surface area (Å²) in [5.74, 6) is 0. The minimum Gasteiger partial charge on any atom is -0.411 e. The molecule has 1 aromatic heterocycles. The molecule has 0 bridgehead atoms. The van der Waals surface area contributed by atoms with E-state index in [1.54, 1.807) is 0 Å². The van der Waals surface area contributed by atoms with Gasteiger partial charge in [-0.1, -0.05) is 35.3 Å². The lowest BCUT2D eigenvalue weighted by Crippen LogP contribution is -2.31. The van der Waals surface area contributed by atoms with Crippen molar-refractivity contribution in [3.8, 4) is 0 Å². The third-order valence-electron chi connectivity index (χ3n) is 1.95. The molecule has 1 heterocycles. The van der Waals surface area contributed by atoms with Gasteiger partial charge in [-0.3, -0.25) is 4.98 Å². The zero-order valence-corrected chi connectivity index (χ0v) is 9.63. The number of hydrogen-bond acceptors (Lipinski definition) is 4. The zero-order chi connectivity index (χ0) is 11.4. The van der Waals surface area contributed by atoms with Crippen molar-refractivity contribution in [3.05, 3.63) is 28.0 Å². The van der Waals surface area contributed by atoms with Crippen molar-refractivity contribution in [1.29, 1.82) is 0 Å². The second-order valence-electron chi connectivity index (χ2n) is 2.98. The molecule has 0 saturated heterocycles. The van der Waals surface area contributed by atoms with Gasteiger partial charge in [0, 0.05) is 6.20 Å². The summed E-state index contributed by atoms with van der Waals surface area (Å²) < 4.78 is 0. The van der Waals surface area contributed by atoms with Crippen molar-refractivity contribution in [2.75, 3.05) is 0 Å². The summed E-state index contributed by atoms with van der Waals surface area (Å²) in [7, 11) is 0. The Hall–Kier alpha value is -0.840. The van der Waals surface area contributed by atoms with Gasteiger partial charge in [-0.15, -0.1) is 0 Å². The van der Waals surface area contributed by atoms with Crippen molar-refractivity contribution < 1.29 is 5.21 Å². The van der Waals surface area contributed by atoms with E-state index in [0.717, 1.165) is 0 Å². The van der Waals surface area contributed by atoms with Crippen LogP contribution in [0.2, 0.25) is 10.0 Å². The molecule has 0 saturated carbocycles. The molecule has 3 N–H and O–H groups in total. The van der Waals surface area contributed by atoms with Crippen molar-refractivity contribution in [1.82, 2.24) is 4.98 Å². The second-order valence-corrected chi connectivity index (χ2v) is 3.83. The number of pyridine rings is 1. The van der Waals surface area contributed by atoms with Gasteiger partial charge in [-0.05, 0) is 12.5 Å². The Bertz CT molecular complexity index is 382. The van der Waals surface area contributed by atoms with Crippen molar-refractivity contribution in [3.63, 3.8) is 0 Å². The van der Waals surface area contributed by atoms with Gasteiger partial charge in [0.2, 0.25) is 0 Å². The molecule has 0 spiro atoms. The molecule has 4 nitrogen and oxygen atoms in total. The molecule has 1 aromatic rings. The summed E-state index contributed by atoms with van der Waals surface area (Å²) in [6.07, 6.45) is 2.05. The van der Waals surface area contributed by atoms with Gasteiger partial charge in [0.25, 0.3) is 0 Å². The second kappa shape index (κ2) is 5.30. The average molecular weight is 248 g/mol. The van der Waals surface area contributed by atoms with E-state index in [2.05, 4.69) is 10.1 Å². The maximum absolute atomic E-state index is 8.85. The third-order valence-corrected chi connectivity index (χ3v) is 2.44. The first-order valence-electron chi connectivity index (χ1n) is 4.39. The quantitative estimate of drug-likeness (QED) is 0.489. The predicted molar refractivity (Wildman–Crippen MR) is 60.8 cm³/mol. The first kappa shape index (κ1) is 12.2. The van der Waals surface area contributed by atoms with Crippen LogP contribution in [0.1, 0.15) is 19.0 Å². The highest BCUT2D eigenvalue weighted by molar-refractivity contribution is 6.36. The van der Waals surface area contributed by atoms with Crippen LogP contribution < -0.4 is 5.73 Å². The fourth-order valence-electron chi connectivity index (χ4n) is 1.09. The molecule has 0 aliphatic heterocycles. The summed E-state index contributed by atoms with van der Waals surface area (Å²) in [4.78, 5) is 3.98. The van der Waals surface area contributed by atoms with Gasteiger partial charge in [0.15, 0.2) is 0 Å². The van der Waals surface area contributed by atoms with Crippen LogP contribution in [-0.2, 0) is 0 Å². The normalized spacial score (nSPS) is 14.0. The first-order valence-corrected chi connectivity index (χ1v) is 5.14. The molecule has 0 aliphatic carbocycles. The number of aromatic nitrogens is 1. The van der Waals surface area contributed by atoms with E-state index in [1.807, 2.05) is 6.92 Å². The van der Waals surface area contributed by atoms with E-state index in [1.165, 1.54) is 12.3 Å². The van der Waals surface area contributed by atoms with Crippen LogP contribution in [0.3, 0.4) is 0 Å². The molecule has 6 heteroatoms. The summed E-state index contributed by atoms with van der Waals surface area (Å²) in [6, 6.07) is 1.13. The Labute approximate surface area is 97.7 Å². The smallest absolute Gasteiger partial charge is 0.123 e. The van der Waals surface area contributed by atoms with Crippen LogP contribution in [-0.4, -0.2) is 21.9 Å². The SMILES string of the molecule is CCC(N)C(=NO)c1ncc(Cl)cc1Cl. The van der Waals surface area contributed by atoms with E-state index in [-0.39, 0.29) is 5.71 Å². The fourth-order valence-corrected chi connectivity index (χ4v) is 1.57. The Kier molecular flexibility index (Phi) is 4.32. The highest BCUT2D eigenvalue weighted by atomic mass is 35.5. The lowest BCUT2D eigenvalue weighted by atomic mass is 10.1. The summed E-state index contributed by atoms with van der Waals surface area (Å²) >= 11 is 11.6. The Balaban J connectivity index is 3.14. The molecule has 0 radical (unpaired) electrons. The molecule has 15 heavy (non-hydrogen) atoms. The molecular weight excluding hydrogens is 237 g/mol. The number of hydrogen-bond donors (Lipinski definition) is 2. The van der Waals surface area contributed by atoms with Gasteiger partial charge in [0.05, 0.1) is 16.1 Å². The van der Waals surface area contributed by atoms with Gasteiger partial charge in [-0.2, -0.15) is 0 Å². The fraction of sp³-hybridized carbons (Fsp3) is 0.333. The van der Waals surface area contributed by atoms with Crippen LogP contribution in [0, 0.1) is 0 Å². The van der Waals surface area contributed by atoms with Crippen molar-refractivity contribution in [2.45, 2.75) is 19.4 Å². The largest absolute Gasteiger partial charge is 0.411 e. The first-order chi connectivity index (χ1) is 7.10. The molecular formula is C9H11Cl2N3O. The number of rotatable bonds is 3. The van der Waals surface area contributed by atoms with Crippen molar-refractivity contribution in [2.24, 2.45) is 10.9 Å². The summed E-state index contributed by atoms with van der Waals surface area (Å²) in [5.41, 5.74) is 6.37. The monoisotopic (exact) mass is 247 g/mol. The average Bonchev–Trinajstić information content (AvgIpc) is 2.21. The highest BCUT2D eigenvalue weighted by Crippen LogP contribution is 2.20. The molecule has 1 atom stereocenters. The highest BCUT2D eigenvalue weighted by Gasteiger charge is 2.17. The molecule has 0 aliphatic rings. The van der Waals surface area contributed by atoms with E-state index in [0.29, 0.717) is 22.2 Å². The third kappa shape index (κ3) is 2.81. The molecule has 0 aromatic carbocycles. The molecule has 82 valence electrons. The van der Waals surface area contributed by atoms with Crippen LogP contribution >= 0.6 is 23.2 Å². The van der Waals surface area contributed by atoms with Crippen LogP contribution in [0.5, 0.6) is 0 Å². The number of oxime groups is 1. The van der Waals surface area contributed by atoms with E-state index >= 15 is 0 Å². The van der Waals surface area contributed by atoms with Gasteiger partial charge in [-0.25, -0.2) is 0 Å². The topological polar surface area (TPSA) is 71.5 Å². The van der Waals surface area contributed by atoms with E-state index in [9.17, 15) is 0 Å². The minimum atomic E-state index is -0.402. The van der Waals surface area contributed by atoms with Crippen LogP contribution in [0.15, 0.2) is 17.4 Å². The number of nitrogens with zero attached hydrogens (tertiary/aromatic N) is 2. The number of halogens is 2. The summed E-state index contributed by atoms with van der Waals surface area (Å²) in [6.45, 7) is 1.87. The number of nitrogens with two attached hydrogens (primary N) is 1. The molecule has 1 unspecified atom stereocenters. The molecule has 0 fully saturated rings.